The number of carbonyl (C=O) groups excluding carboxylic acids is 3. The van der Waals surface area contributed by atoms with E-state index in [4.69, 9.17) is 0 Å². The summed E-state index contributed by atoms with van der Waals surface area (Å²) in [5, 5.41) is 9.44. The van der Waals surface area contributed by atoms with Crippen molar-refractivity contribution in [2.45, 2.75) is 65.7 Å². The van der Waals surface area contributed by atoms with Crippen molar-refractivity contribution in [1.82, 2.24) is 0 Å². The fourth-order valence-electron chi connectivity index (χ4n) is 2.21. The molecule has 0 saturated heterocycles. The molecular weight excluding hydrogens is 260 g/mol. The zero-order valence-electron chi connectivity index (χ0n) is 12.5. The number of hydrogen-bond acceptors (Lipinski definition) is 4. The average Bonchev–Trinajstić information content (AvgIpc) is 2.36. The van der Waals surface area contributed by atoms with Gasteiger partial charge in [-0.2, -0.15) is 0 Å². The highest BCUT2D eigenvalue weighted by Crippen LogP contribution is 2.31. The van der Waals surface area contributed by atoms with Crippen LogP contribution in [-0.4, -0.2) is 28.4 Å². The highest BCUT2D eigenvalue weighted by atomic mass is 16.4. The summed E-state index contributed by atoms with van der Waals surface area (Å²) < 4.78 is 0. The molecule has 20 heavy (non-hydrogen) atoms. The smallest absolute Gasteiger partial charge is 0.325 e. The molecule has 0 heterocycles. The van der Waals surface area contributed by atoms with Gasteiger partial charge in [-0.1, -0.05) is 20.8 Å². The van der Waals surface area contributed by atoms with Gasteiger partial charge in [0.2, 0.25) is 0 Å². The van der Waals surface area contributed by atoms with Gasteiger partial charge < -0.3 is 5.11 Å². The van der Waals surface area contributed by atoms with Crippen LogP contribution in [0.15, 0.2) is 0 Å². The molecule has 0 saturated carbocycles. The summed E-state index contributed by atoms with van der Waals surface area (Å²) in [4.78, 5) is 47.8. The van der Waals surface area contributed by atoms with Gasteiger partial charge in [-0.3, -0.25) is 19.2 Å². The lowest BCUT2D eigenvalue weighted by Gasteiger charge is -2.26. The van der Waals surface area contributed by atoms with Crippen LogP contribution in [-0.2, 0) is 19.2 Å². The number of aliphatic carboxylic acids is 1. The monoisotopic (exact) mass is 284 g/mol. The van der Waals surface area contributed by atoms with E-state index in [2.05, 4.69) is 0 Å². The highest BCUT2D eigenvalue weighted by molar-refractivity contribution is 6.23. The van der Waals surface area contributed by atoms with Crippen LogP contribution in [0.1, 0.15) is 65.7 Å². The quantitative estimate of drug-likeness (QED) is 0.589. The fraction of sp³-hybridized carbons (Fsp3) is 0.733. The SMILES string of the molecule is CCCC(=O)CC(C(=O)O)(C(=O)CCC)C(=O)CCC. The number of carboxylic acids is 1. The molecule has 5 nitrogen and oxygen atoms in total. The predicted molar refractivity (Wildman–Crippen MR) is 74.4 cm³/mol. The lowest BCUT2D eigenvalue weighted by Crippen LogP contribution is -2.48. The van der Waals surface area contributed by atoms with Gasteiger partial charge in [-0.15, -0.1) is 0 Å². The second-order valence-electron chi connectivity index (χ2n) is 5.02. The third kappa shape index (κ3) is 4.25. The van der Waals surface area contributed by atoms with Gasteiger partial charge >= 0.3 is 5.97 Å². The van der Waals surface area contributed by atoms with Crippen molar-refractivity contribution in [3.8, 4) is 0 Å². The van der Waals surface area contributed by atoms with Crippen molar-refractivity contribution >= 4 is 23.3 Å². The van der Waals surface area contributed by atoms with E-state index in [0.29, 0.717) is 19.3 Å². The van der Waals surface area contributed by atoms with Gasteiger partial charge in [0.05, 0.1) is 0 Å². The van der Waals surface area contributed by atoms with Crippen LogP contribution in [0, 0.1) is 5.41 Å². The number of rotatable bonds is 11. The zero-order valence-corrected chi connectivity index (χ0v) is 12.5. The predicted octanol–water partition coefficient (Wildman–Crippen LogP) is 2.56. The molecule has 0 aromatic rings. The van der Waals surface area contributed by atoms with E-state index in [9.17, 15) is 24.3 Å². The van der Waals surface area contributed by atoms with E-state index >= 15 is 0 Å². The Kier molecular flexibility index (Phi) is 7.96. The van der Waals surface area contributed by atoms with Crippen molar-refractivity contribution in [1.29, 1.82) is 0 Å². The highest BCUT2D eigenvalue weighted by Gasteiger charge is 2.52. The first-order chi connectivity index (χ1) is 9.36. The van der Waals surface area contributed by atoms with Gasteiger partial charge in [0.15, 0.2) is 17.0 Å². The topological polar surface area (TPSA) is 88.5 Å². The minimum absolute atomic E-state index is 0.00115. The van der Waals surface area contributed by atoms with Crippen molar-refractivity contribution in [2.75, 3.05) is 0 Å². The summed E-state index contributed by atoms with van der Waals surface area (Å²) in [5.41, 5.74) is -2.17. The Morgan fingerprint density at radius 2 is 1.20 bits per heavy atom. The van der Waals surface area contributed by atoms with E-state index in [1.807, 2.05) is 0 Å². The van der Waals surface area contributed by atoms with Crippen LogP contribution in [0.25, 0.3) is 0 Å². The molecule has 0 aliphatic carbocycles. The molecule has 0 unspecified atom stereocenters. The van der Waals surface area contributed by atoms with Crippen molar-refractivity contribution in [3.63, 3.8) is 0 Å². The largest absolute Gasteiger partial charge is 0.480 e. The molecule has 5 heteroatoms. The van der Waals surface area contributed by atoms with Gasteiger partial charge in [0.1, 0.15) is 5.78 Å². The first-order valence-corrected chi connectivity index (χ1v) is 7.18. The van der Waals surface area contributed by atoms with Crippen LogP contribution in [0.2, 0.25) is 0 Å². The van der Waals surface area contributed by atoms with Crippen LogP contribution in [0.5, 0.6) is 0 Å². The molecule has 0 fully saturated rings. The molecule has 0 bridgehead atoms. The maximum atomic E-state index is 12.2. The molecule has 0 aromatic carbocycles. The molecule has 0 radical (unpaired) electrons. The van der Waals surface area contributed by atoms with Gasteiger partial charge in [-0.25, -0.2) is 0 Å². The van der Waals surface area contributed by atoms with Crippen LogP contribution < -0.4 is 0 Å². The standard InChI is InChI=1S/C15H24O5/c1-4-7-11(16)10-15(14(19)20,12(17)8-5-2)13(18)9-6-3/h4-10H2,1-3H3,(H,19,20). The molecule has 114 valence electrons. The van der Waals surface area contributed by atoms with E-state index in [1.54, 1.807) is 20.8 Å². The molecule has 1 N–H and O–H groups in total. The van der Waals surface area contributed by atoms with Gasteiger partial charge in [0.25, 0.3) is 0 Å². The second kappa shape index (κ2) is 8.61. The molecule has 0 aliphatic rings. The van der Waals surface area contributed by atoms with Crippen LogP contribution in [0.4, 0.5) is 0 Å². The fourth-order valence-corrected chi connectivity index (χ4v) is 2.21. The van der Waals surface area contributed by atoms with Gasteiger partial charge in [0, 0.05) is 25.7 Å². The number of ketones is 3. The minimum atomic E-state index is -2.17. The molecule has 0 rings (SSSR count). The lowest BCUT2D eigenvalue weighted by molar-refractivity contribution is -0.162. The summed E-state index contributed by atoms with van der Waals surface area (Å²) in [6.45, 7) is 5.27. The Bertz CT molecular complexity index is 366. The van der Waals surface area contributed by atoms with Crippen molar-refractivity contribution < 1.29 is 24.3 Å². The Morgan fingerprint density at radius 3 is 1.50 bits per heavy atom. The molecule has 0 aromatic heterocycles. The zero-order chi connectivity index (χ0) is 15.8. The molecule has 0 atom stereocenters. The molecule has 0 spiro atoms. The van der Waals surface area contributed by atoms with Gasteiger partial charge in [-0.05, 0) is 19.3 Å². The Labute approximate surface area is 119 Å². The third-order valence-corrected chi connectivity index (χ3v) is 3.26. The summed E-state index contributed by atoms with van der Waals surface area (Å²) >= 11 is 0. The summed E-state index contributed by atoms with van der Waals surface area (Å²) in [5.74, 6) is -3.12. The van der Waals surface area contributed by atoms with Crippen LogP contribution in [0.3, 0.4) is 0 Å². The van der Waals surface area contributed by atoms with E-state index in [0.717, 1.165) is 0 Å². The normalized spacial score (nSPS) is 11.2. The Hall–Kier alpha value is -1.52. The maximum absolute atomic E-state index is 12.2. The molecule has 0 aliphatic heterocycles. The van der Waals surface area contributed by atoms with E-state index in [1.165, 1.54) is 0 Å². The van der Waals surface area contributed by atoms with Crippen molar-refractivity contribution in [3.05, 3.63) is 0 Å². The Morgan fingerprint density at radius 1 is 0.800 bits per heavy atom. The summed E-state index contributed by atoms with van der Waals surface area (Å²) in [6, 6.07) is 0. The number of hydrogen-bond donors (Lipinski definition) is 1. The number of carboxylic acid groups (broad SMARTS) is 1. The number of Topliss-reactive ketones (excluding diaryl/α,β-unsaturated/α-hetero) is 3. The Balaban J connectivity index is 5.56. The summed E-state index contributed by atoms with van der Waals surface area (Å²) in [7, 11) is 0. The van der Waals surface area contributed by atoms with E-state index in [-0.39, 0.29) is 25.0 Å². The summed E-state index contributed by atoms with van der Waals surface area (Å²) in [6.07, 6.45) is 1.16. The third-order valence-electron chi connectivity index (χ3n) is 3.26. The van der Waals surface area contributed by atoms with E-state index < -0.39 is 29.4 Å². The minimum Gasteiger partial charge on any atom is -0.480 e. The first-order valence-electron chi connectivity index (χ1n) is 7.18. The first kappa shape index (κ1) is 18.5. The number of carbonyl (C=O) groups is 4. The van der Waals surface area contributed by atoms with Crippen molar-refractivity contribution in [2.24, 2.45) is 5.41 Å². The molecule has 0 amide bonds. The average molecular weight is 284 g/mol. The van der Waals surface area contributed by atoms with Crippen LogP contribution >= 0.6 is 0 Å². The lowest BCUT2D eigenvalue weighted by atomic mass is 9.72. The molecular formula is C15H24O5. The maximum Gasteiger partial charge on any atom is 0.325 e. The second-order valence-corrected chi connectivity index (χ2v) is 5.02.